The van der Waals surface area contributed by atoms with E-state index in [-0.39, 0.29) is 36.5 Å². The first kappa shape index (κ1) is 18.5. The molecule has 0 bridgehead atoms. The normalized spacial score (nSPS) is 16.2. The van der Waals surface area contributed by atoms with Crippen LogP contribution >= 0.6 is 11.3 Å². The van der Waals surface area contributed by atoms with E-state index in [0.717, 1.165) is 6.42 Å². The smallest absolute Gasteiger partial charge is 0.240 e. The van der Waals surface area contributed by atoms with Gasteiger partial charge in [-0.2, -0.15) is 0 Å². The zero-order chi connectivity index (χ0) is 18.8. The lowest BCUT2D eigenvalue weighted by Gasteiger charge is -2.29. The van der Waals surface area contributed by atoms with E-state index in [1.165, 1.54) is 28.4 Å². The van der Waals surface area contributed by atoms with Crippen LogP contribution in [0, 0.1) is 11.7 Å². The summed E-state index contributed by atoms with van der Waals surface area (Å²) < 4.78 is 13.0. The van der Waals surface area contributed by atoms with Crippen LogP contribution in [0.25, 0.3) is 0 Å². The number of carbonyl (C=O) groups is 2. The van der Waals surface area contributed by atoms with Crippen LogP contribution in [0.5, 0.6) is 0 Å². The van der Waals surface area contributed by atoms with Crippen molar-refractivity contribution in [3.05, 3.63) is 40.7 Å². The van der Waals surface area contributed by atoms with Gasteiger partial charge in [0.2, 0.25) is 5.91 Å². The number of ketones is 1. The quantitative estimate of drug-likeness (QED) is 0.838. The third kappa shape index (κ3) is 3.76. The summed E-state index contributed by atoms with van der Waals surface area (Å²) in [6.45, 7) is 4.19. The van der Waals surface area contributed by atoms with Gasteiger partial charge in [0.15, 0.2) is 10.9 Å². The second kappa shape index (κ2) is 7.51. The molecule has 3 rings (SSSR count). The SMILES string of the molecule is CC[C@H](C)[C@H](N)C(=O)N1CC(=O)c2sc(Nc3ccc(F)cc3)nc2C1. The Morgan fingerprint density at radius 3 is 2.73 bits per heavy atom. The number of hydrogen-bond acceptors (Lipinski definition) is 6. The summed E-state index contributed by atoms with van der Waals surface area (Å²) in [5.74, 6) is -0.638. The molecule has 0 saturated heterocycles. The summed E-state index contributed by atoms with van der Waals surface area (Å²) in [6.07, 6.45) is 0.794. The van der Waals surface area contributed by atoms with Gasteiger partial charge in [0.25, 0.3) is 0 Å². The second-order valence-electron chi connectivity index (χ2n) is 6.46. The average Bonchev–Trinajstić information content (AvgIpc) is 3.04. The van der Waals surface area contributed by atoms with Crippen molar-refractivity contribution >= 4 is 33.8 Å². The lowest BCUT2D eigenvalue weighted by molar-refractivity contribution is -0.134. The third-order valence-electron chi connectivity index (χ3n) is 4.58. The monoisotopic (exact) mass is 376 g/mol. The fourth-order valence-corrected chi connectivity index (χ4v) is 3.66. The molecule has 1 aliphatic rings. The van der Waals surface area contributed by atoms with Crippen molar-refractivity contribution in [3.63, 3.8) is 0 Å². The fourth-order valence-electron chi connectivity index (χ4n) is 2.73. The van der Waals surface area contributed by atoms with Crippen molar-refractivity contribution in [1.82, 2.24) is 9.88 Å². The highest BCUT2D eigenvalue weighted by molar-refractivity contribution is 7.17. The molecule has 1 amide bonds. The van der Waals surface area contributed by atoms with Gasteiger partial charge >= 0.3 is 0 Å². The minimum absolute atomic E-state index is 0.0220. The molecular weight excluding hydrogens is 355 g/mol. The highest BCUT2D eigenvalue weighted by atomic mass is 32.1. The molecule has 26 heavy (non-hydrogen) atoms. The molecule has 138 valence electrons. The lowest BCUT2D eigenvalue weighted by atomic mass is 9.98. The van der Waals surface area contributed by atoms with Gasteiger partial charge in [0, 0.05) is 5.69 Å². The molecule has 1 aromatic carbocycles. The number of nitrogens with one attached hydrogen (secondary N) is 1. The Labute approximate surface area is 155 Å². The van der Waals surface area contributed by atoms with Gasteiger partial charge in [0.1, 0.15) is 5.82 Å². The van der Waals surface area contributed by atoms with E-state index in [4.69, 9.17) is 5.73 Å². The van der Waals surface area contributed by atoms with Crippen molar-refractivity contribution < 1.29 is 14.0 Å². The Bertz CT molecular complexity index is 821. The molecule has 0 aliphatic carbocycles. The first-order valence-electron chi connectivity index (χ1n) is 8.49. The van der Waals surface area contributed by atoms with Gasteiger partial charge in [0.05, 0.1) is 29.7 Å². The van der Waals surface area contributed by atoms with Crippen molar-refractivity contribution in [1.29, 1.82) is 0 Å². The number of nitrogens with zero attached hydrogens (tertiary/aromatic N) is 2. The number of benzene rings is 1. The molecule has 1 aromatic heterocycles. The summed E-state index contributed by atoms with van der Waals surface area (Å²) >= 11 is 1.24. The number of rotatable bonds is 5. The number of nitrogens with two attached hydrogens (primary N) is 1. The number of halogens is 1. The van der Waals surface area contributed by atoms with Crippen LogP contribution in [0.2, 0.25) is 0 Å². The zero-order valence-electron chi connectivity index (χ0n) is 14.7. The molecule has 6 nitrogen and oxygen atoms in total. The van der Waals surface area contributed by atoms with Crippen LogP contribution in [0.3, 0.4) is 0 Å². The average molecular weight is 376 g/mol. The van der Waals surface area contributed by atoms with E-state index >= 15 is 0 Å². The first-order chi connectivity index (χ1) is 12.4. The Balaban J connectivity index is 1.76. The van der Waals surface area contributed by atoms with E-state index in [1.807, 2.05) is 13.8 Å². The van der Waals surface area contributed by atoms with Crippen LogP contribution in [0.1, 0.15) is 35.6 Å². The molecule has 2 heterocycles. The summed E-state index contributed by atoms with van der Waals surface area (Å²) in [5.41, 5.74) is 7.27. The van der Waals surface area contributed by atoms with Gasteiger partial charge in [-0.1, -0.05) is 31.6 Å². The molecule has 0 saturated carbocycles. The molecular formula is C18H21FN4O2S. The van der Waals surface area contributed by atoms with Crippen molar-refractivity contribution in [2.75, 3.05) is 11.9 Å². The van der Waals surface area contributed by atoms with Gasteiger partial charge < -0.3 is 16.0 Å². The Morgan fingerprint density at radius 1 is 1.38 bits per heavy atom. The fraction of sp³-hybridized carbons (Fsp3) is 0.389. The molecule has 0 spiro atoms. The summed E-state index contributed by atoms with van der Waals surface area (Å²) in [6, 6.07) is 5.26. The summed E-state index contributed by atoms with van der Waals surface area (Å²) in [5, 5.41) is 3.60. The minimum atomic E-state index is -0.621. The van der Waals surface area contributed by atoms with E-state index < -0.39 is 6.04 Å². The number of hydrogen-bond donors (Lipinski definition) is 2. The highest BCUT2D eigenvalue weighted by Crippen LogP contribution is 2.30. The van der Waals surface area contributed by atoms with E-state index in [9.17, 15) is 14.0 Å². The minimum Gasteiger partial charge on any atom is -0.332 e. The maximum Gasteiger partial charge on any atom is 0.240 e. The van der Waals surface area contributed by atoms with Crippen LogP contribution in [-0.2, 0) is 11.3 Å². The predicted octanol–water partition coefficient (Wildman–Crippen LogP) is 2.92. The number of Topliss-reactive ketones (excluding diaryl/α,β-unsaturated/α-hetero) is 1. The maximum absolute atomic E-state index is 13.0. The number of aromatic nitrogens is 1. The standard InChI is InChI=1S/C18H21FN4O2S/c1-3-10(2)15(20)17(25)23-8-13-16(14(24)9-23)26-18(22-13)21-12-6-4-11(19)5-7-12/h4-7,10,15H,3,8-9,20H2,1-2H3,(H,21,22)/t10-,15-/m0/s1. The van der Waals surface area contributed by atoms with Gasteiger partial charge in [-0.15, -0.1) is 0 Å². The number of amides is 1. The van der Waals surface area contributed by atoms with Gasteiger partial charge in [-0.05, 0) is 30.2 Å². The number of thiazole rings is 1. The largest absolute Gasteiger partial charge is 0.332 e. The highest BCUT2D eigenvalue weighted by Gasteiger charge is 2.33. The Morgan fingerprint density at radius 2 is 2.08 bits per heavy atom. The molecule has 3 N–H and O–H groups in total. The molecule has 0 fully saturated rings. The van der Waals surface area contributed by atoms with Crippen molar-refractivity contribution in [2.24, 2.45) is 11.7 Å². The topological polar surface area (TPSA) is 88.3 Å². The molecule has 0 radical (unpaired) electrons. The molecule has 2 atom stereocenters. The van der Waals surface area contributed by atoms with E-state index in [0.29, 0.717) is 21.4 Å². The maximum atomic E-state index is 13.0. The predicted molar refractivity (Wildman–Crippen MR) is 99.0 cm³/mol. The van der Waals surface area contributed by atoms with Crippen LogP contribution < -0.4 is 11.1 Å². The van der Waals surface area contributed by atoms with Crippen molar-refractivity contribution in [3.8, 4) is 0 Å². The number of carbonyl (C=O) groups excluding carboxylic acids is 2. The van der Waals surface area contributed by atoms with E-state index in [1.54, 1.807) is 12.1 Å². The Hall–Kier alpha value is -2.32. The van der Waals surface area contributed by atoms with Crippen LogP contribution in [0.4, 0.5) is 15.2 Å². The second-order valence-corrected chi connectivity index (χ2v) is 7.45. The molecule has 2 aromatic rings. The third-order valence-corrected chi connectivity index (χ3v) is 5.63. The van der Waals surface area contributed by atoms with Gasteiger partial charge in [-0.25, -0.2) is 9.37 Å². The summed E-state index contributed by atoms with van der Waals surface area (Å²) in [7, 11) is 0. The zero-order valence-corrected chi connectivity index (χ0v) is 15.5. The summed E-state index contributed by atoms with van der Waals surface area (Å²) in [4.78, 5) is 31.4. The lowest BCUT2D eigenvalue weighted by Crippen LogP contribution is -2.49. The van der Waals surface area contributed by atoms with Crippen LogP contribution in [0.15, 0.2) is 24.3 Å². The number of fused-ring (bicyclic) bond motifs is 1. The molecule has 1 aliphatic heterocycles. The first-order valence-corrected chi connectivity index (χ1v) is 9.30. The van der Waals surface area contributed by atoms with E-state index in [2.05, 4.69) is 10.3 Å². The molecule has 0 unspecified atom stereocenters. The van der Waals surface area contributed by atoms with Crippen LogP contribution in [-0.4, -0.2) is 34.2 Å². The van der Waals surface area contributed by atoms with Crippen molar-refractivity contribution in [2.45, 2.75) is 32.9 Å². The molecule has 8 heteroatoms. The van der Waals surface area contributed by atoms with Gasteiger partial charge in [-0.3, -0.25) is 9.59 Å². The number of anilines is 2. The Kier molecular flexibility index (Phi) is 5.33.